The van der Waals surface area contributed by atoms with Crippen LogP contribution in [0.15, 0.2) is 17.8 Å². The summed E-state index contributed by atoms with van der Waals surface area (Å²) in [6.07, 6.45) is 1.50. The van der Waals surface area contributed by atoms with E-state index in [0.717, 1.165) is 4.90 Å². The second-order valence-corrected chi connectivity index (χ2v) is 5.80. The molecule has 0 atom stereocenters. The van der Waals surface area contributed by atoms with Crippen molar-refractivity contribution in [3.05, 3.63) is 28.4 Å². The molecule has 1 heterocycles. The number of likely N-dealkylation sites (N-methyl/N-ethyl adjacent to an activating group) is 1. The molecule has 0 spiro atoms. The van der Waals surface area contributed by atoms with E-state index in [0.29, 0.717) is 17.9 Å². The first-order valence-corrected chi connectivity index (χ1v) is 8.88. The predicted molar refractivity (Wildman–Crippen MR) is 98.6 cm³/mol. The minimum absolute atomic E-state index is 0.139. The summed E-state index contributed by atoms with van der Waals surface area (Å²) in [4.78, 5) is 36.5. The number of carbonyl (C=O) groups is 3. The number of amides is 3. The van der Waals surface area contributed by atoms with E-state index in [1.54, 1.807) is 32.9 Å². The summed E-state index contributed by atoms with van der Waals surface area (Å²) in [6.45, 7) is 5.73. The number of hydrogen-bond donors (Lipinski definition) is 1. The van der Waals surface area contributed by atoms with Crippen molar-refractivity contribution in [1.82, 2.24) is 10.2 Å². The van der Waals surface area contributed by atoms with Crippen molar-refractivity contribution in [2.24, 2.45) is 0 Å². The predicted octanol–water partition coefficient (Wildman–Crippen LogP) is 2.59. The Morgan fingerprint density at radius 2 is 1.93 bits per heavy atom. The van der Waals surface area contributed by atoms with Crippen LogP contribution in [0.1, 0.15) is 26.3 Å². The Balaban J connectivity index is 2.29. The zero-order valence-corrected chi connectivity index (χ0v) is 16.1. The molecule has 0 saturated carbocycles. The molecule has 0 radical (unpaired) electrons. The van der Waals surface area contributed by atoms with Crippen LogP contribution in [0.3, 0.4) is 0 Å². The summed E-state index contributed by atoms with van der Waals surface area (Å²) < 4.78 is 15.8. The van der Waals surface area contributed by atoms with Gasteiger partial charge in [-0.3, -0.25) is 9.69 Å². The van der Waals surface area contributed by atoms with E-state index in [2.05, 4.69) is 5.32 Å². The number of imide groups is 1. The van der Waals surface area contributed by atoms with Gasteiger partial charge < -0.3 is 19.5 Å². The van der Waals surface area contributed by atoms with Crippen LogP contribution in [-0.2, 0) is 14.3 Å². The molecule has 0 unspecified atom stereocenters. The van der Waals surface area contributed by atoms with Gasteiger partial charge in [-0.1, -0.05) is 11.6 Å². The molecule has 1 fully saturated rings. The molecule has 27 heavy (non-hydrogen) atoms. The van der Waals surface area contributed by atoms with E-state index in [1.165, 1.54) is 6.08 Å². The summed E-state index contributed by atoms with van der Waals surface area (Å²) in [5.74, 6) is -0.434. The lowest BCUT2D eigenvalue weighted by Crippen LogP contribution is -2.30. The Hall–Kier alpha value is -2.74. The molecule has 1 aliphatic heterocycles. The van der Waals surface area contributed by atoms with Gasteiger partial charge in [0.25, 0.3) is 5.91 Å². The van der Waals surface area contributed by atoms with Crippen LogP contribution in [0.2, 0.25) is 5.02 Å². The molecular weight excluding hydrogens is 376 g/mol. The minimum atomic E-state index is -0.527. The van der Waals surface area contributed by atoms with Gasteiger partial charge in [0.15, 0.2) is 18.1 Å². The largest absolute Gasteiger partial charge is 0.490 e. The van der Waals surface area contributed by atoms with Crippen LogP contribution in [-0.4, -0.2) is 49.2 Å². The fraction of sp³-hybridized carbons (Fsp3) is 0.389. The van der Waals surface area contributed by atoms with Crippen molar-refractivity contribution in [3.8, 4) is 11.5 Å². The maximum Gasteiger partial charge on any atom is 0.344 e. The Morgan fingerprint density at radius 1 is 1.19 bits per heavy atom. The van der Waals surface area contributed by atoms with Crippen LogP contribution in [0, 0.1) is 0 Å². The molecule has 0 bridgehead atoms. The molecule has 146 valence electrons. The minimum Gasteiger partial charge on any atom is -0.490 e. The third-order valence-corrected chi connectivity index (χ3v) is 3.84. The SMILES string of the molecule is CCOC(=O)COc1c(Cl)cc(/C=C2/NC(=O)N(CC)C2=O)cc1OCC. The second-order valence-electron chi connectivity index (χ2n) is 5.39. The number of halogens is 1. The average Bonchev–Trinajstić information content (AvgIpc) is 2.87. The van der Waals surface area contributed by atoms with Crippen LogP contribution < -0.4 is 14.8 Å². The van der Waals surface area contributed by atoms with Crippen molar-refractivity contribution in [2.75, 3.05) is 26.4 Å². The highest BCUT2D eigenvalue weighted by molar-refractivity contribution is 6.32. The number of nitrogens with zero attached hydrogens (tertiary/aromatic N) is 1. The number of hydrogen-bond acceptors (Lipinski definition) is 6. The topological polar surface area (TPSA) is 94.2 Å². The standard InChI is InChI=1S/C18H21ClN2O6/c1-4-21-17(23)13(20-18(21)24)8-11-7-12(19)16(14(9-11)25-5-2)27-10-15(22)26-6-3/h7-9H,4-6,10H2,1-3H3,(H,20,24)/b13-8+. The van der Waals surface area contributed by atoms with Gasteiger partial charge in [-0.05, 0) is 44.5 Å². The van der Waals surface area contributed by atoms with Crippen molar-refractivity contribution >= 4 is 35.6 Å². The Kier molecular flexibility index (Phi) is 7.06. The second kappa shape index (κ2) is 9.27. The van der Waals surface area contributed by atoms with Crippen LogP contribution in [0.5, 0.6) is 11.5 Å². The first-order valence-electron chi connectivity index (χ1n) is 8.50. The molecule has 1 aromatic rings. The Labute approximate surface area is 162 Å². The summed E-state index contributed by atoms with van der Waals surface area (Å²) in [5, 5.41) is 2.71. The highest BCUT2D eigenvalue weighted by Gasteiger charge is 2.32. The lowest BCUT2D eigenvalue weighted by atomic mass is 10.1. The van der Waals surface area contributed by atoms with Crippen molar-refractivity contribution in [2.45, 2.75) is 20.8 Å². The van der Waals surface area contributed by atoms with Gasteiger partial charge in [-0.25, -0.2) is 9.59 Å². The van der Waals surface area contributed by atoms with Gasteiger partial charge in [0.2, 0.25) is 0 Å². The lowest BCUT2D eigenvalue weighted by Gasteiger charge is -2.14. The van der Waals surface area contributed by atoms with Crippen molar-refractivity contribution < 1.29 is 28.6 Å². The van der Waals surface area contributed by atoms with Crippen LogP contribution in [0.25, 0.3) is 6.08 Å². The van der Waals surface area contributed by atoms with E-state index in [-0.39, 0.29) is 36.2 Å². The zero-order chi connectivity index (χ0) is 20.0. The highest BCUT2D eigenvalue weighted by atomic mass is 35.5. The molecule has 9 heteroatoms. The van der Waals surface area contributed by atoms with Gasteiger partial charge in [0, 0.05) is 6.54 Å². The van der Waals surface area contributed by atoms with E-state index in [4.69, 9.17) is 25.8 Å². The van der Waals surface area contributed by atoms with Gasteiger partial charge in [0.1, 0.15) is 5.70 Å². The summed E-state index contributed by atoms with van der Waals surface area (Å²) in [7, 11) is 0. The average molecular weight is 397 g/mol. The fourth-order valence-electron chi connectivity index (χ4n) is 2.43. The van der Waals surface area contributed by atoms with E-state index < -0.39 is 17.9 Å². The first kappa shape index (κ1) is 20.6. The molecule has 0 aliphatic carbocycles. The molecule has 1 aliphatic rings. The maximum atomic E-state index is 12.2. The first-order chi connectivity index (χ1) is 12.9. The Morgan fingerprint density at radius 3 is 2.52 bits per heavy atom. The van der Waals surface area contributed by atoms with Crippen LogP contribution in [0.4, 0.5) is 4.79 Å². The molecule has 1 N–H and O–H groups in total. The normalized spacial score (nSPS) is 15.1. The summed E-state index contributed by atoms with van der Waals surface area (Å²) in [6, 6.07) is 2.68. The Bertz CT molecular complexity index is 777. The molecule has 1 saturated heterocycles. The molecule has 0 aromatic heterocycles. The smallest absolute Gasteiger partial charge is 0.344 e. The van der Waals surface area contributed by atoms with Gasteiger partial charge in [-0.2, -0.15) is 0 Å². The number of ether oxygens (including phenoxy) is 3. The third-order valence-electron chi connectivity index (χ3n) is 3.56. The van der Waals surface area contributed by atoms with Gasteiger partial charge in [-0.15, -0.1) is 0 Å². The maximum absolute atomic E-state index is 12.2. The van der Waals surface area contributed by atoms with Crippen molar-refractivity contribution in [1.29, 1.82) is 0 Å². The summed E-state index contributed by atoms with van der Waals surface area (Å²) in [5.41, 5.74) is 0.675. The van der Waals surface area contributed by atoms with E-state index >= 15 is 0 Å². The quantitative estimate of drug-likeness (QED) is 0.412. The monoisotopic (exact) mass is 396 g/mol. The van der Waals surface area contributed by atoms with E-state index in [1.807, 2.05) is 0 Å². The van der Waals surface area contributed by atoms with Crippen molar-refractivity contribution in [3.63, 3.8) is 0 Å². The van der Waals surface area contributed by atoms with Gasteiger partial charge in [0.05, 0.1) is 18.2 Å². The number of carbonyl (C=O) groups excluding carboxylic acids is 3. The molecule has 1 aromatic carbocycles. The van der Waals surface area contributed by atoms with Crippen LogP contribution >= 0.6 is 11.6 Å². The molecule has 2 rings (SSSR count). The van der Waals surface area contributed by atoms with E-state index in [9.17, 15) is 14.4 Å². The molecular formula is C18H21ClN2O6. The number of urea groups is 1. The van der Waals surface area contributed by atoms with Gasteiger partial charge >= 0.3 is 12.0 Å². The molecule has 8 nitrogen and oxygen atoms in total. The highest BCUT2D eigenvalue weighted by Crippen LogP contribution is 2.37. The number of benzene rings is 1. The third kappa shape index (κ3) is 4.91. The lowest BCUT2D eigenvalue weighted by molar-refractivity contribution is -0.145. The number of nitrogens with one attached hydrogen (secondary N) is 1. The fourth-order valence-corrected chi connectivity index (χ4v) is 2.71. The number of esters is 1. The zero-order valence-electron chi connectivity index (χ0n) is 15.3. The number of rotatable bonds is 8. The molecule has 3 amide bonds. The summed E-state index contributed by atoms with van der Waals surface area (Å²) >= 11 is 6.27.